The summed E-state index contributed by atoms with van der Waals surface area (Å²) in [6.45, 7) is 9.82. The van der Waals surface area contributed by atoms with Crippen molar-refractivity contribution in [2.24, 2.45) is 5.92 Å². The molecule has 0 spiro atoms. The van der Waals surface area contributed by atoms with Crippen LogP contribution in [0.3, 0.4) is 0 Å². The number of amides is 1. The Morgan fingerprint density at radius 1 is 1.17 bits per heavy atom. The lowest BCUT2D eigenvalue weighted by molar-refractivity contribution is -0.144. The van der Waals surface area contributed by atoms with Crippen LogP contribution in [0.2, 0.25) is 0 Å². The van der Waals surface area contributed by atoms with Crippen LogP contribution in [-0.2, 0) is 9.53 Å². The van der Waals surface area contributed by atoms with Crippen LogP contribution in [0.5, 0.6) is 0 Å². The van der Waals surface area contributed by atoms with Crippen molar-refractivity contribution in [3.8, 4) is 0 Å². The van der Waals surface area contributed by atoms with Gasteiger partial charge >= 0.3 is 0 Å². The Bertz CT molecular complexity index is 549. The lowest BCUT2D eigenvalue weighted by atomic mass is 9.93. The molecular formula is C17H26N4O2. The van der Waals surface area contributed by atoms with Crippen molar-refractivity contribution in [3.63, 3.8) is 0 Å². The first-order valence-corrected chi connectivity index (χ1v) is 8.52. The summed E-state index contributed by atoms with van der Waals surface area (Å²) in [6, 6.07) is 1.98. The molecule has 0 N–H and O–H groups in total. The van der Waals surface area contributed by atoms with Crippen molar-refractivity contribution in [2.45, 2.75) is 39.7 Å². The van der Waals surface area contributed by atoms with Gasteiger partial charge in [0.05, 0.1) is 12.0 Å². The molecule has 0 bridgehead atoms. The first kappa shape index (κ1) is 16.2. The Labute approximate surface area is 137 Å². The molecule has 23 heavy (non-hydrogen) atoms. The molecule has 0 aliphatic carbocycles. The van der Waals surface area contributed by atoms with Crippen molar-refractivity contribution in [2.75, 3.05) is 37.7 Å². The van der Waals surface area contributed by atoms with E-state index in [0.29, 0.717) is 0 Å². The molecular weight excluding hydrogens is 292 g/mol. The number of piperazine rings is 1. The van der Waals surface area contributed by atoms with Gasteiger partial charge in [0.25, 0.3) is 0 Å². The second kappa shape index (κ2) is 6.83. The van der Waals surface area contributed by atoms with Gasteiger partial charge in [0.1, 0.15) is 0 Å². The van der Waals surface area contributed by atoms with Gasteiger partial charge in [-0.25, -0.2) is 9.97 Å². The third-order valence-electron chi connectivity index (χ3n) is 4.77. The molecule has 0 aromatic carbocycles. The number of hydrogen-bond donors (Lipinski definition) is 0. The smallest absolute Gasteiger partial charge is 0.228 e. The minimum Gasteiger partial charge on any atom is -0.378 e. The Balaban J connectivity index is 1.60. The Morgan fingerprint density at radius 2 is 1.83 bits per heavy atom. The third kappa shape index (κ3) is 3.63. The van der Waals surface area contributed by atoms with Gasteiger partial charge < -0.3 is 14.5 Å². The molecule has 0 radical (unpaired) electrons. The highest BCUT2D eigenvalue weighted by molar-refractivity contribution is 5.79. The van der Waals surface area contributed by atoms with Crippen molar-refractivity contribution in [1.82, 2.24) is 14.9 Å². The summed E-state index contributed by atoms with van der Waals surface area (Å²) in [5.41, 5.74) is 1.97. The van der Waals surface area contributed by atoms with E-state index in [4.69, 9.17) is 4.74 Å². The van der Waals surface area contributed by atoms with Crippen LogP contribution < -0.4 is 4.90 Å². The standard InChI is InChI=1S/C17H26N4O2/c1-12-11-13(2)19-17(18-12)21-8-6-20(7-9-21)16(22)15-5-4-10-23-14(15)3/h11,14-15H,4-10H2,1-3H3/t14-,15+/m1/s1. The van der Waals surface area contributed by atoms with Gasteiger partial charge in [-0.05, 0) is 39.7 Å². The third-order valence-corrected chi connectivity index (χ3v) is 4.77. The van der Waals surface area contributed by atoms with Gasteiger partial charge in [-0.15, -0.1) is 0 Å². The van der Waals surface area contributed by atoms with Gasteiger partial charge in [-0.1, -0.05) is 0 Å². The average Bonchev–Trinajstić information content (AvgIpc) is 2.54. The molecule has 1 amide bonds. The second-order valence-corrected chi connectivity index (χ2v) is 6.59. The summed E-state index contributed by atoms with van der Waals surface area (Å²) in [6.07, 6.45) is 1.97. The number of anilines is 1. The first-order valence-electron chi connectivity index (χ1n) is 8.52. The molecule has 2 aliphatic rings. The number of carbonyl (C=O) groups is 1. The maximum Gasteiger partial charge on any atom is 0.228 e. The van der Waals surface area contributed by atoms with Crippen LogP contribution in [0, 0.1) is 19.8 Å². The van der Waals surface area contributed by atoms with Crippen molar-refractivity contribution in [3.05, 3.63) is 17.5 Å². The van der Waals surface area contributed by atoms with E-state index in [1.165, 1.54) is 0 Å². The topological polar surface area (TPSA) is 58.6 Å². The SMILES string of the molecule is Cc1cc(C)nc(N2CCN(C(=O)[C@H]3CCCO[C@@H]3C)CC2)n1. The number of aryl methyl sites for hydroxylation is 2. The van der Waals surface area contributed by atoms with E-state index in [-0.39, 0.29) is 17.9 Å². The van der Waals surface area contributed by atoms with E-state index < -0.39 is 0 Å². The molecule has 2 atom stereocenters. The highest BCUT2D eigenvalue weighted by Gasteiger charge is 2.33. The number of aromatic nitrogens is 2. The quantitative estimate of drug-likeness (QED) is 0.828. The number of ether oxygens (including phenoxy) is 1. The first-order chi connectivity index (χ1) is 11.0. The summed E-state index contributed by atoms with van der Waals surface area (Å²) in [5, 5.41) is 0. The lowest BCUT2D eigenvalue weighted by Gasteiger charge is -2.38. The van der Waals surface area contributed by atoms with E-state index in [0.717, 1.165) is 63.0 Å². The summed E-state index contributed by atoms with van der Waals surface area (Å²) in [5.74, 6) is 1.05. The van der Waals surface area contributed by atoms with Gasteiger partial charge in [-0.3, -0.25) is 4.79 Å². The van der Waals surface area contributed by atoms with E-state index in [2.05, 4.69) is 14.9 Å². The van der Waals surface area contributed by atoms with Crippen LogP contribution in [0.4, 0.5) is 5.95 Å². The molecule has 1 aromatic heterocycles. The Hall–Kier alpha value is -1.69. The highest BCUT2D eigenvalue weighted by Crippen LogP contribution is 2.23. The minimum absolute atomic E-state index is 0.0211. The molecule has 2 saturated heterocycles. The number of carbonyl (C=O) groups excluding carboxylic acids is 1. The molecule has 6 heteroatoms. The molecule has 0 saturated carbocycles. The fraction of sp³-hybridized carbons (Fsp3) is 0.706. The molecule has 6 nitrogen and oxygen atoms in total. The van der Waals surface area contributed by atoms with Crippen LogP contribution >= 0.6 is 0 Å². The van der Waals surface area contributed by atoms with Crippen molar-refractivity contribution in [1.29, 1.82) is 0 Å². The normalized spacial score (nSPS) is 25.5. The fourth-order valence-corrected chi connectivity index (χ4v) is 3.46. The van der Waals surface area contributed by atoms with Crippen LogP contribution in [0.1, 0.15) is 31.2 Å². The highest BCUT2D eigenvalue weighted by atomic mass is 16.5. The number of rotatable bonds is 2. The molecule has 3 rings (SSSR count). The van der Waals surface area contributed by atoms with Gasteiger partial charge in [-0.2, -0.15) is 0 Å². The van der Waals surface area contributed by atoms with Gasteiger partial charge in [0, 0.05) is 44.2 Å². The molecule has 0 unspecified atom stereocenters. The van der Waals surface area contributed by atoms with E-state index in [9.17, 15) is 4.79 Å². The largest absolute Gasteiger partial charge is 0.378 e. The van der Waals surface area contributed by atoms with Crippen molar-refractivity contribution >= 4 is 11.9 Å². The minimum atomic E-state index is 0.0211. The van der Waals surface area contributed by atoms with E-state index in [1.807, 2.05) is 31.7 Å². The zero-order valence-corrected chi connectivity index (χ0v) is 14.3. The Kier molecular flexibility index (Phi) is 4.80. The van der Waals surface area contributed by atoms with E-state index in [1.54, 1.807) is 0 Å². The summed E-state index contributed by atoms with van der Waals surface area (Å²) in [4.78, 5) is 25.9. The predicted molar refractivity (Wildman–Crippen MR) is 88.4 cm³/mol. The van der Waals surface area contributed by atoms with E-state index >= 15 is 0 Å². The monoisotopic (exact) mass is 318 g/mol. The molecule has 126 valence electrons. The van der Waals surface area contributed by atoms with Crippen LogP contribution in [-0.4, -0.2) is 59.7 Å². The lowest BCUT2D eigenvalue weighted by Crippen LogP contribution is -2.52. The number of nitrogens with zero attached hydrogens (tertiary/aromatic N) is 4. The molecule has 2 fully saturated rings. The summed E-state index contributed by atoms with van der Waals surface area (Å²) in [7, 11) is 0. The summed E-state index contributed by atoms with van der Waals surface area (Å²) >= 11 is 0. The molecule has 2 aliphatic heterocycles. The summed E-state index contributed by atoms with van der Waals surface area (Å²) < 4.78 is 5.64. The molecule has 1 aromatic rings. The van der Waals surface area contributed by atoms with Crippen LogP contribution in [0.25, 0.3) is 0 Å². The van der Waals surface area contributed by atoms with Gasteiger partial charge in [0.15, 0.2) is 0 Å². The van der Waals surface area contributed by atoms with Crippen LogP contribution in [0.15, 0.2) is 6.07 Å². The zero-order chi connectivity index (χ0) is 16.4. The average molecular weight is 318 g/mol. The second-order valence-electron chi connectivity index (χ2n) is 6.59. The predicted octanol–water partition coefficient (Wildman–Crippen LogP) is 1.56. The number of hydrogen-bond acceptors (Lipinski definition) is 5. The van der Waals surface area contributed by atoms with Gasteiger partial charge in [0.2, 0.25) is 11.9 Å². The fourth-order valence-electron chi connectivity index (χ4n) is 3.46. The Morgan fingerprint density at radius 3 is 2.43 bits per heavy atom. The molecule has 3 heterocycles. The van der Waals surface area contributed by atoms with Crippen molar-refractivity contribution < 1.29 is 9.53 Å². The maximum absolute atomic E-state index is 12.7. The zero-order valence-electron chi connectivity index (χ0n) is 14.3. The maximum atomic E-state index is 12.7.